The number of rotatable bonds is 6. The second-order valence-corrected chi connectivity index (χ2v) is 10.0. The first-order valence-electron chi connectivity index (χ1n) is 10.0. The smallest absolute Gasteiger partial charge is 0.338 e. The third kappa shape index (κ3) is 5.59. The molecule has 0 spiro atoms. The van der Waals surface area contributed by atoms with Crippen LogP contribution in [0.2, 0.25) is 5.02 Å². The fourth-order valence-electron chi connectivity index (χ4n) is 3.44. The minimum atomic E-state index is -3.95. The largest absolute Gasteiger partial charge is 0.452 e. The van der Waals surface area contributed by atoms with E-state index in [0.29, 0.717) is 23.8 Å². The number of carbonyl (C=O) groups excluding carboxylic acids is 2. The van der Waals surface area contributed by atoms with Crippen LogP contribution in [0.25, 0.3) is 0 Å². The van der Waals surface area contributed by atoms with Crippen LogP contribution in [0.1, 0.15) is 24.2 Å². The molecule has 10 heteroatoms. The number of anilines is 1. The highest BCUT2D eigenvalue weighted by molar-refractivity contribution is 7.92. The van der Waals surface area contributed by atoms with Crippen molar-refractivity contribution in [2.45, 2.75) is 31.0 Å². The van der Waals surface area contributed by atoms with E-state index in [1.54, 1.807) is 23.1 Å². The lowest BCUT2D eigenvalue weighted by Gasteiger charge is -2.35. The van der Waals surface area contributed by atoms with Crippen molar-refractivity contribution in [1.29, 1.82) is 0 Å². The highest BCUT2D eigenvalue weighted by atomic mass is 35.5. The van der Waals surface area contributed by atoms with Gasteiger partial charge in [-0.1, -0.05) is 23.7 Å². The van der Waals surface area contributed by atoms with E-state index in [1.807, 2.05) is 13.8 Å². The van der Waals surface area contributed by atoms with Crippen LogP contribution in [-0.2, 0) is 24.3 Å². The zero-order valence-electron chi connectivity index (χ0n) is 18.0. The van der Waals surface area contributed by atoms with Crippen LogP contribution in [0.3, 0.4) is 0 Å². The Balaban J connectivity index is 1.69. The molecule has 32 heavy (non-hydrogen) atoms. The fraction of sp³-hybridized carbons (Fsp3) is 0.364. The van der Waals surface area contributed by atoms with E-state index in [9.17, 15) is 18.0 Å². The third-order valence-corrected chi connectivity index (χ3v) is 7.02. The SMILES string of the molecule is C[C@H]1CN(C(=O)COC(=O)c2cccc(S(=O)(=O)N(C)c3cccc(Cl)c3)c2)C[C@H](C)O1. The number of halogens is 1. The van der Waals surface area contributed by atoms with Gasteiger partial charge in [0, 0.05) is 25.2 Å². The van der Waals surface area contributed by atoms with Crippen molar-refractivity contribution in [3.05, 3.63) is 59.1 Å². The minimum absolute atomic E-state index is 0.0297. The summed E-state index contributed by atoms with van der Waals surface area (Å²) in [6, 6.07) is 11.9. The molecule has 3 rings (SSSR count). The summed E-state index contributed by atoms with van der Waals surface area (Å²) in [4.78, 5) is 26.4. The van der Waals surface area contributed by atoms with E-state index < -0.39 is 22.6 Å². The van der Waals surface area contributed by atoms with Gasteiger partial charge in [-0.05, 0) is 50.2 Å². The van der Waals surface area contributed by atoms with Crippen LogP contribution in [0.5, 0.6) is 0 Å². The zero-order chi connectivity index (χ0) is 23.5. The molecule has 0 radical (unpaired) electrons. The molecule has 0 aliphatic carbocycles. The van der Waals surface area contributed by atoms with E-state index in [-0.39, 0.29) is 28.6 Å². The lowest BCUT2D eigenvalue weighted by atomic mass is 10.2. The number of ether oxygens (including phenoxy) is 2. The number of benzene rings is 2. The molecule has 0 N–H and O–H groups in total. The number of esters is 1. The second kappa shape index (κ2) is 9.89. The molecule has 2 aromatic carbocycles. The topological polar surface area (TPSA) is 93.2 Å². The van der Waals surface area contributed by atoms with Crippen molar-refractivity contribution in [3.63, 3.8) is 0 Å². The Kier molecular flexibility index (Phi) is 7.43. The molecule has 8 nitrogen and oxygen atoms in total. The van der Waals surface area contributed by atoms with Crippen molar-refractivity contribution < 1.29 is 27.5 Å². The van der Waals surface area contributed by atoms with Gasteiger partial charge in [-0.25, -0.2) is 13.2 Å². The molecule has 1 heterocycles. The molecule has 1 amide bonds. The van der Waals surface area contributed by atoms with Crippen molar-refractivity contribution in [2.75, 3.05) is 31.0 Å². The monoisotopic (exact) mass is 480 g/mol. The summed E-state index contributed by atoms with van der Waals surface area (Å²) in [5, 5.41) is 0.399. The van der Waals surface area contributed by atoms with Gasteiger partial charge in [0.15, 0.2) is 6.61 Å². The van der Waals surface area contributed by atoms with Gasteiger partial charge in [-0.3, -0.25) is 9.10 Å². The van der Waals surface area contributed by atoms with Gasteiger partial charge in [-0.15, -0.1) is 0 Å². The Hall–Kier alpha value is -2.62. The minimum Gasteiger partial charge on any atom is -0.452 e. The van der Waals surface area contributed by atoms with Crippen LogP contribution >= 0.6 is 11.6 Å². The summed E-state index contributed by atoms with van der Waals surface area (Å²) in [6.07, 6.45) is -0.200. The number of nitrogens with zero attached hydrogens (tertiary/aromatic N) is 2. The third-order valence-electron chi connectivity index (χ3n) is 5.00. The quantitative estimate of drug-likeness (QED) is 0.590. The van der Waals surface area contributed by atoms with E-state index >= 15 is 0 Å². The van der Waals surface area contributed by atoms with E-state index in [2.05, 4.69) is 0 Å². The highest BCUT2D eigenvalue weighted by Gasteiger charge is 2.27. The number of morpholine rings is 1. The lowest BCUT2D eigenvalue weighted by molar-refractivity contribution is -0.146. The normalized spacial score (nSPS) is 18.8. The molecule has 172 valence electrons. The Morgan fingerprint density at radius 3 is 2.44 bits per heavy atom. The summed E-state index contributed by atoms with van der Waals surface area (Å²) < 4.78 is 37.8. The van der Waals surface area contributed by atoms with Gasteiger partial charge in [0.25, 0.3) is 15.9 Å². The molecule has 1 aliphatic heterocycles. The molecular formula is C22H25ClN2O6S. The molecular weight excluding hydrogens is 456 g/mol. The molecule has 2 atom stereocenters. The van der Waals surface area contributed by atoms with Crippen molar-refractivity contribution in [2.24, 2.45) is 0 Å². The van der Waals surface area contributed by atoms with Crippen LogP contribution in [0, 0.1) is 0 Å². The molecule has 1 saturated heterocycles. The molecule has 0 saturated carbocycles. The van der Waals surface area contributed by atoms with E-state index in [4.69, 9.17) is 21.1 Å². The summed E-state index contributed by atoms with van der Waals surface area (Å²) in [5.41, 5.74) is 0.409. The second-order valence-electron chi connectivity index (χ2n) is 7.61. The van der Waals surface area contributed by atoms with Crippen LogP contribution in [0.4, 0.5) is 5.69 Å². The number of hydrogen-bond donors (Lipinski definition) is 0. The molecule has 0 bridgehead atoms. The fourth-order valence-corrected chi connectivity index (χ4v) is 4.85. The highest BCUT2D eigenvalue weighted by Crippen LogP contribution is 2.25. The van der Waals surface area contributed by atoms with Gasteiger partial charge in [0.2, 0.25) is 0 Å². The number of hydrogen-bond acceptors (Lipinski definition) is 6. The van der Waals surface area contributed by atoms with Crippen LogP contribution < -0.4 is 4.31 Å². The predicted molar refractivity (Wildman–Crippen MR) is 120 cm³/mol. The Bertz CT molecular complexity index is 1100. The first-order valence-corrected chi connectivity index (χ1v) is 11.8. The van der Waals surface area contributed by atoms with Crippen LogP contribution in [0.15, 0.2) is 53.4 Å². The summed E-state index contributed by atoms with van der Waals surface area (Å²) in [7, 11) is -2.55. The maximum Gasteiger partial charge on any atom is 0.338 e. The zero-order valence-corrected chi connectivity index (χ0v) is 19.6. The molecule has 1 fully saturated rings. The van der Waals surface area contributed by atoms with Crippen molar-refractivity contribution >= 4 is 39.2 Å². The van der Waals surface area contributed by atoms with E-state index in [1.165, 1.54) is 37.4 Å². The Labute approximate surface area is 192 Å². The molecule has 0 unspecified atom stereocenters. The van der Waals surface area contributed by atoms with Crippen molar-refractivity contribution in [3.8, 4) is 0 Å². The molecule has 2 aromatic rings. The van der Waals surface area contributed by atoms with Gasteiger partial charge in [0.1, 0.15) is 0 Å². The predicted octanol–water partition coefficient (Wildman–Crippen LogP) is 2.96. The summed E-state index contributed by atoms with van der Waals surface area (Å²) in [5.74, 6) is -1.11. The van der Waals surface area contributed by atoms with E-state index in [0.717, 1.165) is 4.31 Å². The van der Waals surface area contributed by atoms with Crippen molar-refractivity contribution in [1.82, 2.24) is 4.90 Å². The molecule has 0 aromatic heterocycles. The van der Waals surface area contributed by atoms with Gasteiger partial charge in [-0.2, -0.15) is 0 Å². The first kappa shape index (κ1) is 24.0. The standard InChI is InChI=1S/C22H25ClN2O6S/c1-15-12-25(13-16(2)31-15)21(26)14-30-22(27)17-6-4-9-20(10-17)32(28,29)24(3)19-8-5-7-18(23)11-19/h4-11,15-16H,12-14H2,1-3H3/t15-,16-/m0/s1. The maximum absolute atomic E-state index is 13.0. The summed E-state index contributed by atoms with van der Waals surface area (Å²) >= 11 is 5.96. The lowest BCUT2D eigenvalue weighted by Crippen LogP contribution is -2.49. The number of amides is 1. The average molecular weight is 481 g/mol. The maximum atomic E-state index is 13.0. The Morgan fingerprint density at radius 2 is 1.78 bits per heavy atom. The van der Waals surface area contributed by atoms with Gasteiger partial charge < -0.3 is 14.4 Å². The van der Waals surface area contributed by atoms with Crippen LogP contribution in [-0.4, -0.2) is 64.1 Å². The summed E-state index contributed by atoms with van der Waals surface area (Å²) in [6.45, 7) is 4.15. The molecule has 1 aliphatic rings. The number of carbonyl (C=O) groups is 2. The van der Waals surface area contributed by atoms with Gasteiger partial charge in [0.05, 0.1) is 28.4 Å². The first-order chi connectivity index (χ1) is 15.1. The Morgan fingerprint density at radius 1 is 1.12 bits per heavy atom. The number of sulfonamides is 1. The van der Waals surface area contributed by atoms with Gasteiger partial charge >= 0.3 is 5.97 Å². The average Bonchev–Trinajstić information content (AvgIpc) is 2.76.